The number of amides is 2. The van der Waals surface area contributed by atoms with E-state index in [2.05, 4.69) is 26.6 Å². The Bertz CT molecular complexity index is 787. The Labute approximate surface area is 142 Å². The van der Waals surface area contributed by atoms with Crippen LogP contribution in [0.25, 0.3) is 0 Å². The van der Waals surface area contributed by atoms with E-state index in [0.29, 0.717) is 16.9 Å². The van der Waals surface area contributed by atoms with Crippen molar-refractivity contribution in [1.82, 2.24) is 0 Å². The average Bonchev–Trinajstić information content (AvgIpc) is 2.50. The number of carbonyl (C=O) groups is 3. The Morgan fingerprint density at radius 2 is 1.65 bits per heavy atom. The number of halogens is 1. The minimum atomic E-state index is -0.798. The molecule has 0 heterocycles. The van der Waals surface area contributed by atoms with Gasteiger partial charge in [-0.1, -0.05) is 28.1 Å². The Morgan fingerprint density at radius 1 is 0.957 bits per heavy atom. The van der Waals surface area contributed by atoms with Crippen molar-refractivity contribution >= 4 is 44.9 Å². The van der Waals surface area contributed by atoms with Gasteiger partial charge in [0.1, 0.15) is 0 Å². The molecule has 0 aliphatic rings. The third-order valence-corrected chi connectivity index (χ3v) is 3.66. The zero-order valence-corrected chi connectivity index (χ0v) is 14.2. The van der Waals surface area contributed by atoms with Crippen LogP contribution in [0.4, 0.5) is 11.4 Å². The molecule has 0 atom stereocenters. The molecule has 2 N–H and O–H groups in total. The largest absolute Gasteiger partial charge is 0.318 e. The molecule has 0 saturated heterocycles. The lowest BCUT2D eigenvalue weighted by Crippen LogP contribution is -2.29. The van der Waals surface area contributed by atoms with Crippen molar-refractivity contribution in [2.24, 2.45) is 0 Å². The molecule has 0 aliphatic carbocycles. The molecule has 0 saturated carbocycles. The Morgan fingerprint density at radius 3 is 2.30 bits per heavy atom. The zero-order chi connectivity index (χ0) is 17.0. The molecule has 6 heteroatoms. The van der Waals surface area contributed by atoms with E-state index in [1.807, 2.05) is 13.0 Å². The van der Waals surface area contributed by atoms with Crippen LogP contribution in [0.5, 0.6) is 0 Å². The monoisotopic (exact) mass is 374 g/mol. The summed E-state index contributed by atoms with van der Waals surface area (Å²) in [4.78, 5) is 35.3. The van der Waals surface area contributed by atoms with E-state index in [-0.39, 0.29) is 5.78 Å². The van der Waals surface area contributed by atoms with E-state index in [4.69, 9.17) is 0 Å². The third-order valence-electron chi connectivity index (χ3n) is 3.17. The fourth-order valence-electron chi connectivity index (χ4n) is 1.95. The molecule has 0 aromatic heterocycles. The number of anilines is 2. The summed E-state index contributed by atoms with van der Waals surface area (Å²) in [7, 11) is 0. The summed E-state index contributed by atoms with van der Waals surface area (Å²) in [5.74, 6) is -1.69. The van der Waals surface area contributed by atoms with Gasteiger partial charge in [-0.15, -0.1) is 0 Å². The second kappa shape index (κ2) is 7.19. The molecule has 0 unspecified atom stereocenters. The highest BCUT2D eigenvalue weighted by molar-refractivity contribution is 9.10. The van der Waals surface area contributed by atoms with E-state index in [0.717, 1.165) is 10.0 Å². The van der Waals surface area contributed by atoms with E-state index in [1.165, 1.54) is 13.0 Å². The second-order valence-electron chi connectivity index (χ2n) is 5.00. The molecule has 0 aliphatic heterocycles. The number of aryl methyl sites for hydroxylation is 1. The number of nitrogens with one attached hydrogen (secondary N) is 2. The molecule has 118 valence electrons. The molecular formula is C17H15BrN2O3. The lowest BCUT2D eigenvalue weighted by molar-refractivity contribution is -0.133. The van der Waals surface area contributed by atoms with Crippen molar-refractivity contribution in [3.63, 3.8) is 0 Å². The molecule has 5 nitrogen and oxygen atoms in total. The van der Waals surface area contributed by atoms with E-state index < -0.39 is 11.8 Å². The predicted octanol–water partition coefficient (Wildman–Crippen LogP) is 3.54. The van der Waals surface area contributed by atoms with Crippen LogP contribution in [0.1, 0.15) is 22.8 Å². The highest BCUT2D eigenvalue weighted by Crippen LogP contribution is 2.20. The van der Waals surface area contributed by atoms with Crippen LogP contribution in [0, 0.1) is 6.92 Å². The number of Topliss-reactive ketones (excluding diaryl/α,β-unsaturated/α-hetero) is 1. The fourth-order valence-corrected chi connectivity index (χ4v) is 2.43. The predicted molar refractivity (Wildman–Crippen MR) is 92.6 cm³/mol. The fraction of sp³-hybridized carbons (Fsp3) is 0.118. The third kappa shape index (κ3) is 4.50. The van der Waals surface area contributed by atoms with Crippen LogP contribution in [-0.2, 0) is 9.59 Å². The Kier molecular flexibility index (Phi) is 5.28. The van der Waals surface area contributed by atoms with Gasteiger partial charge in [-0.05, 0) is 49.7 Å². The minimum Gasteiger partial charge on any atom is -0.318 e. The molecular weight excluding hydrogens is 360 g/mol. The maximum absolute atomic E-state index is 12.0. The highest BCUT2D eigenvalue weighted by Gasteiger charge is 2.15. The zero-order valence-electron chi connectivity index (χ0n) is 12.6. The van der Waals surface area contributed by atoms with Crippen LogP contribution in [0.3, 0.4) is 0 Å². The lowest BCUT2D eigenvalue weighted by atomic mass is 10.1. The molecule has 2 rings (SSSR count). The van der Waals surface area contributed by atoms with Crippen LogP contribution in [-0.4, -0.2) is 17.6 Å². The molecule has 0 fully saturated rings. The van der Waals surface area contributed by atoms with Gasteiger partial charge in [-0.25, -0.2) is 0 Å². The van der Waals surface area contributed by atoms with Crippen molar-refractivity contribution in [3.05, 3.63) is 58.1 Å². The first-order chi connectivity index (χ1) is 10.9. The summed E-state index contributed by atoms with van der Waals surface area (Å²) in [6.45, 7) is 3.26. The van der Waals surface area contributed by atoms with Crippen molar-refractivity contribution in [3.8, 4) is 0 Å². The standard InChI is InChI=1S/C17H15BrN2O3/c1-10-8-13(18)6-7-15(10)20-17(23)16(22)19-14-5-3-4-12(9-14)11(2)21/h3-9H,1-2H3,(H,19,22)(H,20,23). The van der Waals surface area contributed by atoms with Gasteiger partial charge in [-0.3, -0.25) is 14.4 Å². The normalized spacial score (nSPS) is 10.0. The van der Waals surface area contributed by atoms with Crippen LogP contribution >= 0.6 is 15.9 Å². The smallest absolute Gasteiger partial charge is 0.314 e. The number of rotatable bonds is 3. The lowest BCUT2D eigenvalue weighted by Gasteiger charge is -2.09. The Hall–Kier alpha value is -2.47. The van der Waals surface area contributed by atoms with E-state index >= 15 is 0 Å². The number of ketones is 1. The summed E-state index contributed by atoms with van der Waals surface area (Å²) in [5.41, 5.74) is 2.25. The number of hydrogen-bond acceptors (Lipinski definition) is 3. The number of carbonyl (C=O) groups excluding carboxylic acids is 3. The second-order valence-corrected chi connectivity index (χ2v) is 5.92. The SMILES string of the molecule is CC(=O)c1cccc(NC(=O)C(=O)Nc2ccc(Br)cc2C)c1. The first kappa shape index (κ1) is 16.9. The molecule has 0 spiro atoms. The molecule has 23 heavy (non-hydrogen) atoms. The Balaban J connectivity index is 2.07. The van der Waals surface area contributed by atoms with Gasteiger partial charge in [0.15, 0.2) is 5.78 Å². The minimum absolute atomic E-state index is 0.115. The van der Waals surface area contributed by atoms with Crippen molar-refractivity contribution < 1.29 is 14.4 Å². The van der Waals surface area contributed by atoms with Gasteiger partial charge < -0.3 is 10.6 Å². The van der Waals surface area contributed by atoms with Crippen molar-refractivity contribution in [2.45, 2.75) is 13.8 Å². The van der Waals surface area contributed by atoms with Gasteiger partial charge in [-0.2, -0.15) is 0 Å². The molecule has 2 aromatic rings. The van der Waals surface area contributed by atoms with E-state index in [9.17, 15) is 14.4 Å². The van der Waals surface area contributed by atoms with Gasteiger partial charge in [0.25, 0.3) is 0 Å². The number of benzene rings is 2. The summed E-state index contributed by atoms with van der Waals surface area (Å²) < 4.78 is 0.887. The maximum atomic E-state index is 12.0. The van der Waals surface area contributed by atoms with Crippen molar-refractivity contribution in [2.75, 3.05) is 10.6 Å². The molecule has 0 bridgehead atoms. The van der Waals surface area contributed by atoms with Crippen LogP contribution in [0.2, 0.25) is 0 Å². The topological polar surface area (TPSA) is 75.3 Å². The van der Waals surface area contributed by atoms with Gasteiger partial charge >= 0.3 is 11.8 Å². The molecule has 2 aromatic carbocycles. The maximum Gasteiger partial charge on any atom is 0.314 e. The van der Waals surface area contributed by atoms with E-state index in [1.54, 1.807) is 30.3 Å². The average molecular weight is 375 g/mol. The van der Waals surface area contributed by atoms with Crippen molar-refractivity contribution in [1.29, 1.82) is 0 Å². The van der Waals surface area contributed by atoms with Crippen LogP contribution in [0.15, 0.2) is 46.9 Å². The quantitative estimate of drug-likeness (QED) is 0.637. The van der Waals surface area contributed by atoms with Gasteiger partial charge in [0.2, 0.25) is 0 Å². The van der Waals surface area contributed by atoms with Gasteiger partial charge in [0.05, 0.1) is 0 Å². The molecule has 0 radical (unpaired) electrons. The first-order valence-corrected chi connectivity index (χ1v) is 7.65. The highest BCUT2D eigenvalue weighted by atomic mass is 79.9. The summed E-state index contributed by atoms with van der Waals surface area (Å²) >= 11 is 3.33. The summed E-state index contributed by atoms with van der Waals surface area (Å²) in [5, 5.41) is 5.03. The first-order valence-electron chi connectivity index (χ1n) is 6.86. The van der Waals surface area contributed by atoms with Gasteiger partial charge in [0, 0.05) is 21.4 Å². The number of hydrogen-bond donors (Lipinski definition) is 2. The van der Waals surface area contributed by atoms with Crippen LogP contribution < -0.4 is 10.6 Å². The molecule has 2 amide bonds. The summed E-state index contributed by atoms with van der Waals surface area (Å²) in [6, 6.07) is 11.7. The summed E-state index contributed by atoms with van der Waals surface area (Å²) in [6.07, 6.45) is 0.